The van der Waals surface area contributed by atoms with Crippen LogP contribution in [0.25, 0.3) is 5.57 Å². The maximum Gasteiger partial charge on any atom is 0.416 e. The Morgan fingerprint density at radius 3 is 2.33 bits per heavy atom. The Balaban J connectivity index is 2.62. The molecule has 0 aliphatic carbocycles. The monoisotopic (exact) mass is 307 g/mol. The smallest absolute Gasteiger partial charge is 0.416 e. The summed E-state index contributed by atoms with van der Waals surface area (Å²) in [4.78, 5) is 11.4. The lowest BCUT2D eigenvalue weighted by Crippen LogP contribution is -2.42. The lowest BCUT2D eigenvalue weighted by atomic mass is 9.92. The molecule has 0 aromatic heterocycles. The maximum atomic E-state index is 13.0. The zero-order valence-electron chi connectivity index (χ0n) is 10.5. The number of hydrogen-bond donors (Lipinski definition) is 1. The van der Waals surface area contributed by atoms with E-state index < -0.39 is 42.2 Å². The summed E-state index contributed by atoms with van der Waals surface area (Å²) < 4.78 is 69.1. The molecule has 0 atom stereocenters. The molecule has 1 heterocycles. The van der Waals surface area contributed by atoms with Crippen LogP contribution in [0.15, 0.2) is 24.3 Å². The molecule has 0 saturated heterocycles. The van der Waals surface area contributed by atoms with E-state index in [0.717, 1.165) is 12.1 Å². The van der Waals surface area contributed by atoms with E-state index in [1.807, 2.05) is 0 Å². The van der Waals surface area contributed by atoms with Gasteiger partial charge in [-0.15, -0.1) is 0 Å². The fraction of sp³-hybridized carbons (Fsp3) is 0.308. The van der Waals surface area contributed by atoms with Crippen molar-refractivity contribution in [3.05, 3.63) is 35.4 Å². The maximum absolute atomic E-state index is 13.0. The van der Waals surface area contributed by atoms with Gasteiger partial charge in [-0.25, -0.2) is 8.78 Å². The minimum absolute atomic E-state index is 0.227. The van der Waals surface area contributed by atoms with E-state index in [4.69, 9.17) is 10.5 Å². The number of hydrogen-bond acceptors (Lipinski definition) is 2. The molecular formula is C13H10F5NO2. The second-order valence-electron chi connectivity index (χ2n) is 4.57. The molecule has 0 spiro atoms. The van der Waals surface area contributed by atoms with Crippen LogP contribution in [0.1, 0.15) is 11.1 Å². The largest absolute Gasteiger partial charge is 0.477 e. The van der Waals surface area contributed by atoms with E-state index in [1.54, 1.807) is 0 Å². The number of alkyl halides is 5. The van der Waals surface area contributed by atoms with Gasteiger partial charge in [0.25, 0.3) is 0 Å². The summed E-state index contributed by atoms with van der Waals surface area (Å²) in [5.41, 5.74) is 1.37. The summed E-state index contributed by atoms with van der Waals surface area (Å²) in [5, 5.41) is 0. The van der Waals surface area contributed by atoms with Gasteiger partial charge in [-0.1, -0.05) is 0 Å². The highest BCUT2D eigenvalue weighted by atomic mass is 19.4. The number of halogens is 5. The van der Waals surface area contributed by atoms with Crippen molar-refractivity contribution < 1.29 is 31.5 Å². The van der Waals surface area contributed by atoms with Crippen LogP contribution in [0, 0.1) is 0 Å². The summed E-state index contributed by atoms with van der Waals surface area (Å²) in [6.45, 7) is -2.58. The van der Waals surface area contributed by atoms with E-state index in [-0.39, 0.29) is 11.3 Å². The number of rotatable bonds is 3. The molecule has 1 aromatic rings. The van der Waals surface area contributed by atoms with Crippen molar-refractivity contribution in [1.29, 1.82) is 0 Å². The second kappa shape index (κ2) is 5.01. The van der Waals surface area contributed by atoms with Gasteiger partial charge in [0.05, 0.1) is 11.1 Å². The minimum Gasteiger partial charge on any atom is -0.477 e. The van der Waals surface area contributed by atoms with Crippen LogP contribution in [-0.4, -0.2) is 24.9 Å². The summed E-state index contributed by atoms with van der Waals surface area (Å²) in [6, 6.07) is 2.27. The fourth-order valence-electron chi connectivity index (χ4n) is 1.97. The highest BCUT2D eigenvalue weighted by Crippen LogP contribution is 2.40. The molecule has 2 N–H and O–H groups in total. The van der Waals surface area contributed by atoms with Gasteiger partial charge in [0, 0.05) is 5.56 Å². The Labute approximate surface area is 116 Å². The average molecular weight is 307 g/mol. The van der Waals surface area contributed by atoms with Crippen molar-refractivity contribution in [2.75, 3.05) is 13.3 Å². The fourth-order valence-corrected chi connectivity index (χ4v) is 1.97. The van der Waals surface area contributed by atoms with Crippen molar-refractivity contribution in [2.24, 2.45) is 5.73 Å². The second-order valence-corrected chi connectivity index (χ2v) is 4.57. The average Bonchev–Trinajstić information content (AvgIpc) is 2.44. The molecule has 0 fully saturated rings. The zero-order chi connectivity index (χ0) is 15.8. The SMILES string of the molecule is NC(=O)C1=CC(CF)(CF)Oc2ccc(C(F)(F)F)cc21. The standard InChI is InChI=1S/C13H10F5NO2/c14-5-12(6-15)4-9(11(19)20)8-3-7(13(16,17)18)1-2-10(8)21-12/h1-4H,5-6H2,(H2,19,20). The summed E-state index contributed by atoms with van der Waals surface area (Å²) >= 11 is 0. The molecule has 114 valence electrons. The molecular weight excluding hydrogens is 297 g/mol. The van der Waals surface area contributed by atoms with Gasteiger partial charge in [-0.2, -0.15) is 13.2 Å². The Hall–Kier alpha value is -2.12. The molecule has 1 aromatic carbocycles. The summed E-state index contributed by atoms with van der Waals surface area (Å²) in [6.07, 6.45) is -3.84. The Morgan fingerprint density at radius 2 is 1.86 bits per heavy atom. The first-order valence-electron chi connectivity index (χ1n) is 5.78. The number of fused-ring (bicyclic) bond motifs is 1. The van der Waals surface area contributed by atoms with Gasteiger partial charge in [-0.05, 0) is 24.3 Å². The van der Waals surface area contributed by atoms with Crippen LogP contribution in [0.3, 0.4) is 0 Å². The van der Waals surface area contributed by atoms with E-state index in [1.165, 1.54) is 0 Å². The molecule has 0 saturated carbocycles. The number of carbonyl (C=O) groups is 1. The number of nitrogens with two attached hydrogens (primary N) is 1. The number of amides is 1. The van der Waals surface area contributed by atoms with Crippen molar-refractivity contribution in [2.45, 2.75) is 11.8 Å². The first-order valence-corrected chi connectivity index (χ1v) is 5.78. The van der Waals surface area contributed by atoms with Crippen molar-refractivity contribution in [3.63, 3.8) is 0 Å². The molecule has 1 aliphatic heterocycles. The van der Waals surface area contributed by atoms with Crippen LogP contribution >= 0.6 is 0 Å². The van der Waals surface area contributed by atoms with E-state index in [2.05, 4.69) is 0 Å². The van der Waals surface area contributed by atoms with Gasteiger partial charge in [0.15, 0.2) is 5.60 Å². The molecule has 2 rings (SSSR count). The van der Waals surface area contributed by atoms with E-state index >= 15 is 0 Å². The third kappa shape index (κ3) is 2.70. The van der Waals surface area contributed by atoms with Gasteiger partial charge in [0.1, 0.15) is 19.1 Å². The summed E-state index contributed by atoms with van der Waals surface area (Å²) in [5.74, 6) is -1.32. The zero-order valence-corrected chi connectivity index (χ0v) is 10.5. The minimum atomic E-state index is -4.63. The molecule has 0 radical (unpaired) electrons. The summed E-state index contributed by atoms with van der Waals surface area (Å²) in [7, 11) is 0. The first-order chi connectivity index (χ1) is 9.72. The third-order valence-corrected chi connectivity index (χ3v) is 3.04. The number of benzene rings is 1. The lowest BCUT2D eigenvalue weighted by Gasteiger charge is -2.32. The molecule has 21 heavy (non-hydrogen) atoms. The molecule has 3 nitrogen and oxygen atoms in total. The quantitative estimate of drug-likeness (QED) is 0.873. The van der Waals surface area contributed by atoms with Crippen molar-refractivity contribution in [3.8, 4) is 5.75 Å². The first kappa shape index (κ1) is 15.3. The van der Waals surface area contributed by atoms with Crippen LogP contribution < -0.4 is 10.5 Å². The lowest BCUT2D eigenvalue weighted by molar-refractivity contribution is -0.137. The van der Waals surface area contributed by atoms with Crippen LogP contribution in [0.4, 0.5) is 22.0 Å². The highest BCUT2D eigenvalue weighted by Gasteiger charge is 2.39. The predicted octanol–water partition coefficient (Wildman–Crippen LogP) is 2.64. The number of primary amides is 1. The van der Waals surface area contributed by atoms with Crippen molar-refractivity contribution in [1.82, 2.24) is 0 Å². The van der Waals surface area contributed by atoms with Gasteiger partial charge >= 0.3 is 6.18 Å². The number of ether oxygens (including phenoxy) is 1. The van der Waals surface area contributed by atoms with Crippen LogP contribution in [-0.2, 0) is 11.0 Å². The normalized spacial score (nSPS) is 16.7. The molecule has 0 unspecified atom stereocenters. The molecule has 1 amide bonds. The number of carbonyl (C=O) groups excluding carboxylic acids is 1. The predicted molar refractivity (Wildman–Crippen MR) is 63.9 cm³/mol. The topological polar surface area (TPSA) is 52.3 Å². The van der Waals surface area contributed by atoms with E-state index in [0.29, 0.717) is 12.1 Å². The molecule has 0 bridgehead atoms. The van der Waals surface area contributed by atoms with Crippen LogP contribution in [0.5, 0.6) is 5.75 Å². The third-order valence-electron chi connectivity index (χ3n) is 3.04. The van der Waals surface area contributed by atoms with Gasteiger partial charge in [0.2, 0.25) is 5.91 Å². The van der Waals surface area contributed by atoms with Gasteiger partial charge in [-0.3, -0.25) is 4.79 Å². The Bertz CT molecular complexity index is 605. The van der Waals surface area contributed by atoms with Crippen LogP contribution in [0.2, 0.25) is 0 Å². The molecule has 8 heteroatoms. The highest BCUT2D eigenvalue weighted by molar-refractivity contribution is 6.20. The Kier molecular flexibility index (Phi) is 3.65. The van der Waals surface area contributed by atoms with Crippen molar-refractivity contribution >= 4 is 11.5 Å². The molecule has 1 aliphatic rings. The van der Waals surface area contributed by atoms with E-state index in [9.17, 15) is 26.7 Å². The van der Waals surface area contributed by atoms with Gasteiger partial charge < -0.3 is 10.5 Å². The Morgan fingerprint density at radius 1 is 1.24 bits per heavy atom.